The highest BCUT2D eigenvalue weighted by molar-refractivity contribution is 5.82. The summed E-state index contributed by atoms with van der Waals surface area (Å²) >= 11 is 0. The number of hydrogen-bond donors (Lipinski definition) is 1. The number of rotatable bonds is 2. The Morgan fingerprint density at radius 3 is 2.62 bits per heavy atom. The Hall–Kier alpha value is -1.76. The second-order valence-corrected chi connectivity index (χ2v) is 5.31. The molecule has 116 valence electrons. The van der Waals surface area contributed by atoms with Crippen LogP contribution in [0.1, 0.15) is 17.5 Å². The zero-order valence-electron chi connectivity index (χ0n) is 11.8. The van der Waals surface area contributed by atoms with Crippen LogP contribution in [-0.2, 0) is 10.3 Å². The van der Waals surface area contributed by atoms with Crippen molar-refractivity contribution in [2.24, 2.45) is 5.73 Å². The van der Waals surface area contributed by atoms with E-state index in [4.69, 9.17) is 10.5 Å². The molecule has 2 N–H and O–H groups in total. The van der Waals surface area contributed by atoms with Gasteiger partial charge in [0.1, 0.15) is 5.75 Å². The Kier molecular flexibility index (Phi) is 3.88. The van der Waals surface area contributed by atoms with E-state index in [9.17, 15) is 18.0 Å². The highest BCUT2D eigenvalue weighted by Crippen LogP contribution is 2.34. The molecule has 4 nitrogen and oxygen atoms in total. The first-order valence-electron chi connectivity index (χ1n) is 6.47. The van der Waals surface area contributed by atoms with Gasteiger partial charge in [0.2, 0.25) is 0 Å². The number of likely N-dealkylation sites (tertiary alicyclic amines) is 1. The molecule has 0 aliphatic carbocycles. The predicted octanol–water partition coefficient (Wildman–Crippen LogP) is 1.95. The average Bonchev–Trinajstić information content (AvgIpc) is 2.79. The monoisotopic (exact) mass is 302 g/mol. The highest BCUT2D eigenvalue weighted by Gasteiger charge is 2.48. The van der Waals surface area contributed by atoms with Crippen molar-refractivity contribution in [1.29, 1.82) is 0 Å². The van der Waals surface area contributed by atoms with Crippen molar-refractivity contribution in [3.05, 3.63) is 29.3 Å². The van der Waals surface area contributed by atoms with Crippen LogP contribution in [0.25, 0.3) is 0 Å². The van der Waals surface area contributed by atoms with Crippen LogP contribution in [0.2, 0.25) is 0 Å². The molecule has 2 rings (SSSR count). The first-order valence-corrected chi connectivity index (χ1v) is 6.47. The summed E-state index contributed by atoms with van der Waals surface area (Å²) in [5.74, 6) is -1.18. The number of amides is 1. The van der Waals surface area contributed by atoms with Crippen molar-refractivity contribution in [2.45, 2.75) is 25.1 Å². The fourth-order valence-electron chi connectivity index (χ4n) is 2.73. The number of nitrogens with zero attached hydrogens (tertiary/aromatic N) is 1. The SMILES string of the molecule is COc1ccc(C2(N)CCN(C(=O)C(F)(F)F)C2)c(C)c1. The third kappa shape index (κ3) is 2.97. The number of hydrogen-bond acceptors (Lipinski definition) is 3. The molecule has 1 unspecified atom stereocenters. The van der Waals surface area contributed by atoms with Gasteiger partial charge < -0.3 is 15.4 Å². The molecule has 21 heavy (non-hydrogen) atoms. The summed E-state index contributed by atoms with van der Waals surface area (Å²) in [5, 5.41) is 0. The van der Waals surface area contributed by atoms with Crippen molar-refractivity contribution < 1.29 is 22.7 Å². The van der Waals surface area contributed by atoms with Gasteiger partial charge in [0.15, 0.2) is 0 Å². The molecule has 0 bridgehead atoms. The molecule has 0 aromatic heterocycles. The average molecular weight is 302 g/mol. The van der Waals surface area contributed by atoms with E-state index in [-0.39, 0.29) is 13.1 Å². The minimum atomic E-state index is -4.86. The number of methoxy groups -OCH3 is 1. The first-order chi connectivity index (χ1) is 9.67. The number of carbonyl (C=O) groups is 1. The Bertz CT molecular complexity index is 560. The van der Waals surface area contributed by atoms with Crippen molar-refractivity contribution in [3.63, 3.8) is 0 Å². The molecular formula is C14H17F3N2O2. The Labute approximate surface area is 120 Å². The van der Waals surface area contributed by atoms with Gasteiger partial charge in [0.05, 0.1) is 12.6 Å². The quantitative estimate of drug-likeness (QED) is 0.908. The highest BCUT2D eigenvalue weighted by atomic mass is 19.4. The summed E-state index contributed by atoms with van der Waals surface area (Å²) in [4.78, 5) is 12.1. The molecule has 1 aromatic carbocycles. The number of aryl methyl sites for hydroxylation is 1. The fraction of sp³-hybridized carbons (Fsp3) is 0.500. The van der Waals surface area contributed by atoms with Gasteiger partial charge in [0.25, 0.3) is 0 Å². The lowest BCUT2D eigenvalue weighted by atomic mass is 9.87. The van der Waals surface area contributed by atoms with Gasteiger partial charge in [-0.3, -0.25) is 4.79 Å². The zero-order valence-corrected chi connectivity index (χ0v) is 11.8. The molecule has 0 radical (unpaired) electrons. The molecule has 1 saturated heterocycles. The van der Waals surface area contributed by atoms with E-state index >= 15 is 0 Å². The topological polar surface area (TPSA) is 55.6 Å². The summed E-state index contributed by atoms with van der Waals surface area (Å²) < 4.78 is 42.5. The lowest BCUT2D eigenvalue weighted by Gasteiger charge is -2.27. The molecule has 7 heteroatoms. The van der Waals surface area contributed by atoms with Crippen LogP contribution in [0.5, 0.6) is 5.75 Å². The zero-order chi connectivity index (χ0) is 15.8. The fourth-order valence-corrected chi connectivity index (χ4v) is 2.73. The third-order valence-corrected chi connectivity index (χ3v) is 3.80. The van der Waals surface area contributed by atoms with E-state index in [1.165, 1.54) is 7.11 Å². The van der Waals surface area contributed by atoms with Crippen molar-refractivity contribution in [3.8, 4) is 5.75 Å². The molecule has 0 saturated carbocycles. The lowest BCUT2D eigenvalue weighted by molar-refractivity contribution is -0.184. The number of halogens is 3. The largest absolute Gasteiger partial charge is 0.497 e. The molecule has 1 amide bonds. The number of benzene rings is 1. The molecule has 1 fully saturated rings. The van der Waals surface area contributed by atoms with Gasteiger partial charge in [-0.1, -0.05) is 6.07 Å². The van der Waals surface area contributed by atoms with Crippen LogP contribution in [0.3, 0.4) is 0 Å². The van der Waals surface area contributed by atoms with Gasteiger partial charge in [-0.25, -0.2) is 0 Å². The van der Waals surface area contributed by atoms with E-state index in [2.05, 4.69) is 0 Å². The van der Waals surface area contributed by atoms with Crippen LogP contribution in [0.15, 0.2) is 18.2 Å². The van der Waals surface area contributed by atoms with Gasteiger partial charge >= 0.3 is 12.1 Å². The summed E-state index contributed by atoms with van der Waals surface area (Å²) in [7, 11) is 1.53. The van der Waals surface area contributed by atoms with Crippen LogP contribution < -0.4 is 10.5 Å². The lowest BCUT2D eigenvalue weighted by Crippen LogP contribution is -2.45. The summed E-state index contributed by atoms with van der Waals surface area (Å²) in [5.41, 5.74) is 6.85. The normalized spacial score (nSPS) is 22.5. The molecular weight excluding hydrogens is 285 g/mol. The number of nitrogens with two attached hydrogens (primary N) is 1. The van der Waals surface area contributed by atoms with Gasteiger partial charge in [-0.2, -0.15) is 13.2 Å². The van der Waals surface area contributed by atoms with Gasteiger partial charge in [0, 0.05) is 13.1 Å². The molecule has 0 spiro atoms. The maximum atomic E-state index is 12.5. The number of ether oxygens (including phenoxy) is 1. The summed E-state index contributed by atoms with van der Waals surface area (Å²) in [6.45, 7) is 1.68. The van der Waals surface area contributed by atoms with Gasteiger partial charge in [-0.15, -0.1) is 0 Å². The molecule has 1 atom stereocenters. The second kappa shape index (κ2) is 5.22. The minimum Gasteiger partial charge on any atom is -0.497 e. The summed E-state index contributed by atoms with van der Waals surface area (Å²) in [6.07, 6.45) is -4.57. The minimum absolute atomic E-state index is 0.000310. The summed E-state index contributed by atoms with van der Waals surface area (Å²) in [6, 6.07) is 5.24. The third-order valence-electron chi connectivity index (χ3n) is 3.80. The van der Waals surface area contributed by atoms with Gasteiger partial charge in [-0.05, 0) is 36.6 Å². The van der Waals surface area contributed by atoms with Crippen molar-refractivity contribution >= 4 is 5.91 Å². The maximum Gasteiger partial charge on any atom is 0.471 e. The van der Waals surface area contributed by atoms with E-state index in [1.54, 1.807) is 18.2 Å². The standard InChI is InChI=1S/C14H17F3N2O2/c1-9-7-10(21-2)3-4-11(9)13(18)5-6-19(8-13)12(20)14(15,16)17/h3-4,7H,5-6,8,18H2,1-2H3. The van der Waals surface area contributed by atoms with E-state index in [0.717, 1.165) is 16.0 Å². The van der Waals surface area contributed by atoms with E-state index in [0.29, 0.717) is 12.2 Å². The molecule has 1 aromatic rings. The van der Waals surface area contributed by atoms with Crippen molar-refractivity contribution in [1.82, 2.24) is 4.90 Å². The molecule has 1 aliphatic rings. The van der Waals surface area contributed by atoms with Crippen LogP contribution in [-0.4, -0.2) is 37.2 Å². The Morgan fingerprint density at radius 2 is 2.10 bits per heavy atom. The van der Waals surface area contributed by atoms with Crippen molar-refractivity contribution in [2.75, 3.05) is 20.2 Å². The second-order valence-electron chi connectivity index (χ2n) is 5.31. The molecule has 1 aliphatic heterocycles. The maximum absolute atomic E-state index is 12.5. The van der Waals surface area contributed by atoms with Crippen LogP contribution in [0.4, 0.5) is 13.2 Å². The predicted molar refractivity (Wildman–Crippen MR) is 70.8 cm³/mol. The Balaban J connectivity index is 2.24. The van der Waals surface area contributed by atoms with E-state index in [1.807, 2.05) is 6.92 Å². The molecule has 1 heterocycles. The van der Waals surface area contributed by atoms with Crippen LogP contribution in [0, 0.1) is 6.92 Å². The first kappa shape index (κ1) is 15.6. The van der Waals surface area contributed by atoms with E-state index < -0.39 is 17.6 Å². The number of carbonyl (C=O) groups excluding carboxylic acids is 1. The smallest absolute Gasteiger partial charge is 0.471 e. The Morgan fingerprint density at radius 1 is 1.43 bits per heavy atom. The number of alkyl halides is 3. The van der Waals surface area contributed by atoms with Crippen LogP contribution >= 0.6 is 0 Å².